The fraction of sp³-hybridized carbons (Fsp3) is 0.261. The third kappa shape index (κ3) is 5.47. The molecule has 0 bridgehead atoms. The Bertz CT molecular complexity index is 960. The molecule has 0 heterocycles. The molecule has 158 valence electrons. The van der Waals surface area contributed by atoms with Gasteiger partial charge in [0.2, 0.25) is 11.6 Å². The molecular formula is C23H24O7. The van der Waals surface area contributed by atoms with Gasteiger partial charge in [-0.2, -0.15) is 0 Å². The van der Waals surface area contributed by atoms with Crippen molar-refractivity contribution in [3.8, 4) is 5.75 Å². The van der Waals surface area contributed by atoms with E-state index in [-0.39, 0.29) is 47.3 Å². The van der Waals surface area contributed by atoms with Crippen LogP contribution in [0.2, 0.25) is 0 Å². The first-order valence-electron chi connectivity index (χ1n) is 9.19. The standard InChI is InChI=1S/C23H24O7/c1-14(13-30-17-9-6-16(7-10-17)8-12-19(24)25)5-11-18-21(27)22(28-3)15(2)20(26)23(18)29-4/h5-10,12H,11,13H2,1-4H3,(H,24,25)/b12-8+,14-5+. The normalized spacial score (nSPS) is 15.1. The lowest BCUT2D eigenvalue weighted by atomic mass is 9.91. The van der Waals surface area contributed by atoms with Gasteiger partial charge < -0.3 is 19.3 Å². The highest BCUT2D eigenvalue weighted by Gasteiger charge is 2.33. The number of carboxylic acid groups (broad SMARTS) is 1. The van der Waals surface area contributed by atoms with Crippen molar-refractivity contribution in [1.29, 1.82) is 0 Å². The van der Waals surface area contributed by atoms with Crippen molar-refractivity contribution in [3.63, 3.8) is 0 Å². The summed E-state index contributed by atoms with van der Waals surface area (Å²) < 4.78 is 16.0. The zero-order valence-corrected chi connectivity index (χ0v) is 17.4. The maximum atomic E-state index is 12.6. The second-order valence-electron chi connectivity index (χ2n) is 6.61. The van der Waals surface area contributed by atoms with E-state index in [4.69, 9.17) is 19.3 Å². The molecule has 0 saturated heterocycles. The lowest BCUT2D eigenvalue weighted by molar-refractivity contribution is -0.131. The molecule has 7 heteroatoms. The molecule has 0 unspecified atom stereocenters. The van der Waals surface area contributed by atoms with E-state index in [1.54, 1.807) is 30.3 Å². The molecule has 0 fully saturated rings. The number of benzene rings is 1. The number of ether oxygens (including phenoxy) is 3. The molecule has 0 atom stereocenters. The summed E-state index contributed by atoms with van der Waals surface area (Å²) >= 11 is 0. The Morgan fingerprint density at radius 2 is 1.67 bits per heavy atom. The van der Waals surface area contributed by atoms with E-state index in [9.17, 15) is 14.4 Å². The quantitative estimate of drug-likeness (QED) is 0.377. The summed E-state index contributed by atoms with van der Waals surface area (Å²) in [6.07, 6.45) is 4.57. The molecule has 0 aliphatic heterocycles. The Balaban J connectivity index is 2.04. The van der Waals surface area contributed by atoms with Gasteiger partial charge in [0.05, 0.1) is 19.8 Å². The maximum absolute atomic E-state index is 12.6. The molecule has 0 radical (unpaired) electrons. The highest BCUT2D eigenvalue weighted by Crippen LogP contribution is 2.28. The van der Waals surface area contributed by atoms with Crippen LogP contribution >= 0.6 is 0 Å². The summed E-state index contributed by atoms with van der Waals surface area (Å²) in [6.45, 7) is 3.67. The number of Topliss-reactive ketones (excluding diaryl/α,β-unsaturated/α-hetero) is 2. The molecule has 1 aromatic rings. The van der Waals surface area contributed by atoms with Gasteiger partial charge in [-0.3, -0.25) is 9.59 Å². The molecule has 1 aliphatic carbocycles. The summed E-state index contributed by atoms with van der Waals surface area (Å²) in [7, 11) is 2.72. The largest absolute Gasteiger partial charge is 0.492 e. The van der Waals surface area contributed by atoms with E-state index < -0.39 is 5.97 Å². The van der Waals surface area contributed by atoms with Crippen LogP contribution in [0.5, 0.6) is 5.75 Å². The van der Waals surface area contributed by atoms with Crippen LogP contribution in [0, 0.1) is 0 Å². The van der Waals surface area contributed by atoms with E-state index in [1.807, 2.05) is 6.92 Å². The SMILES string of the molecule is COC1=C(C)C(=O)C(OC)=C(C/C=C(\C)COc2ccc(/C=C/C(=O)O)cc2)C1=O. The number of hydrogen-bond acceptors (Lipinski definition) is 6. The first-order valence-corrected chi connectivity index (χ1v) is 9.19. The topological polar surface area (TPSA) is 99.1 Å². The van der Waals surface area contributed by atoms with Gasteiger partial charge in [0, 0.05) is 11.6 Å². The van der Waals surface area contributed by atoms with Crippen LogP contribution in [0.1, 0.15) is 25.8 Å². The molecule has 30 heavy (non-hydrogen) atoms. The van der Waals surface area contributed by atoms with Crippen LogP contribution < -0.4 is 4.74 Å². The number of hydrogen-bond donors (Lipinski definition) is 1. The average Bonchev–Trinajstić information content (AvgIpc) is 2.73. The van der Waals surface area contributed by atoms with Crippen molar-refractivity contribution in [2.75, 3.05) is 20.8 Å². The van der Waals surface area contributed by atoms with Crippen molar-refractivity contribution in [2.24, 2.45) is 0 Å². The van der Waals surface area contributed by atoms with Gasteiger partial charge in [0.15, 0.2) is 11.5 Å². The van der Waals surface area contributed by atoms with E-state index in [1.165, 1.54) is 27.2 Å². The van der Waals surface area contributed by atoms with Crippen molar-refractivity contribution >= 4 is 23.6 Å². The predicted octanol–water partition coefficient (Wildman–Crippen LogP) is 3.47. The van der Waals surface area contributed by atoms with E-state index in [0.29, 0.717) is 5.75 Å². The Morgan fingerprint density at radius 1 is 1.03 bits per heavy atom. The first kappa shape index (κ1) is 22.7. The second kappa shape index (κ2) is 10.2. The van der Waals surface area contributed by atoms with Gasteiger partial charge in [-0.15, -0.1) is 0 Å². The van der Waals surface area contributed by atoms with Crippen LogP contribution in [0.25, 0.3) is 6.08 Å². The van der Waals surface area contributed by atoms with Crippen molar-refractivity contribution in [3.05, 3.63) is 70.2 Å². The average molecular weight is 412 g/mol. The van der Waals surface area contributed by atoms with Gasteiger partial charge in [0.25, 0.3) is 0 Å². The van der Waals surface area contributed by atoms with Gasteiger partial charge in [-0.05, 0) is 49.6 Å². The number of carbonyl (C=O) groups excluding carboxylic acids is 2. The number of allylic oxidation sites excluding steroid dienone is 3. The number of carbonyl (C=O) groups is 3. The van der Waals surface area contributed by atoms with E-state index in [0.717, 1.165) is 17.2 Å². The molecule has 1 N–H and O–H groups in total. The lowest BCUT2D eigenvalue weighted by Crippen LogP contribution is -2.24. The second-order valence-corrected chi connectivity index (χ2v) is 6.61. The molecule has 7 nitrogen and oxygen atoms in total. The predicted molar refractivity (Wildman–Crippen MR) is 111 cm³/mol. The van der Waals surface area contributed by atoms with Crippen LogP contribution in [-0.4, -0.2) is 43.5 Å². The van der Waals surface area contributed by atoms with Crippen molar-refractivity contribution < 1.29 is 33.7 Å². The molecule has 0 spiro atoms. The van der Waals surface area contributed by atoms with Crippen LogP contribution in [0.3, 0.4) is 0 Å². The third-order valence-corrected chi connectivity index (χ3v) is 4.47. The minimum absolute atomic E-state index is 0.0354. The molecule has 0 saturated carbocycles. The Morgan fingerprint density at radius 3 is 2.23 bits per heavy atom. The smallest absolute Gasteiger partial charge is 0.328 e. The van der Waals surface area contributed by atoms with Gasteiger partial charge in [0.1, 0.15) is 12.4 Å². The van der Waals surface area contributed by atoms with E-state index in [2.05, 4.69) is 0 Å². The summed E-state index contributed by atoms with van der Waals surface area (Å²) in [5.41, 5.74) is 2.08. The van der Waals surface area contributed by atoms with Crippen LogP contribution in [0.4, 0.5) is 0 Å². The number of methoxy groups -OCH3 is 2. The van der Waals surface area contributed by atoms with Crippen molar-refractivity contribution in [2.45, 2.75) is 20.3 Å². The summed E-state index contributed by atoms with van der Waals surface area (Å²) in [6, 6.07) is 6.97. The number of rotatable bonds is 9. The fourth-order valence-corrected chi connectivity index (χ4v) is 2.84. The molecule has 0 amide bonds. The molecule has 1 aliphatic rings. The number of aliphatic carboxylic acids is 1. The summed E-state index contributed by atoms with van der Waals surface area (Å²) in [5.74, 6) is -1.03. The minimum atomic E-state index is -1.01. The first-order chi connectivity index (χ1) is 14.3. The van der Waals surface area contributed by atoms with Gasteiger partial charge in [-0.1, -0.05) is 18.2 Å². The minimum Gasteiger partial charge on any atom is -0.492 e. The zero-order chi connectivity index (χ0) is 22.3. The summed E-state index contributed by atoms with van der Waals surface area (Å²) in [4.78, 5) is 35.6. The Hall–Kier alpha value is -3.61. The van der Waals surface area contributed by atoms with Crippen LogP contribution in [-0.2, 0) is 23.9 Å². The molecule has 1 aromatic carbocycles. The highest BCUT2D eigenvalue weighted by molar-refractivity contribution is 6.23. The maximum Gasteiger partial charge on any atom is 0.328 e. The third-order valence-electron chi connectivity index (χ3n) is 4.47. The Labute approximate surface area is 174 Å². The van der Waals surface area contributed by atoms with Crippen molar-refractivity contribution in [1.82, 2.24) is 0 Å². The summed E-state index contributed by atoms with van der Waals surface area (Å²) in [5, 5.41) is 8.65. The fourth-order valence-electron chi connectivity index (χ4n) is 2.84. The molecular weight excluding hydrogens is 388 g/mol. The van der Waals surface area contributed by atoms with E-state index >= 15 is 0 Å². The van der Waals surface area contributed by atoms with Crippen LogP contribution in [0.15, 0.2) is 64.7 Å². The molecule has 0 aromatic heterocycles. The molecule has 2 rings (SSSR count). The monoisotopic (exact) mass is 412 g/mol. The lowest BCUT2D eigenvalue weighted by Gasteiger charge is -2.19. The number of ketones is 2. The van der Waals surface area contributed by atoms with Gasteiger partial charge in [-0.25, -0.2) is 4.79 Å². The van der Waals surface area contributed by atoms with Gasteiger partial charge >= 0.3 is 5.97 Å². The highest BCUT2D eigenvalue weighted by atomic mass is 16.5. The number of carboxylic acids is 1. The zero-order valence-electron chi connectivity index (χ0n) is 17.4. The Kier molecular flexibility index (Phi) is 7.75.